The number of halogens is 3. The van der Waals surface area contributed by atoms with E-state index in [0.29, 0.717) is 18.7 Å². The van der Waals surface area contributed by atoms with E-state index in [2.05, 4.69) is 10.6 Å². The minimum Gasteiger partial charge on any atom is -0.487 e. The van der Waals surface area contributed by atoms with Crippen molar-refractivity contribution in [3.05, 3.63) is 53.6 Å². The van der Waals surface area contributed by atoms with Crippen LogP contribution in [0.1, 0.15) is 42.6 Å². The van der Waals surface area contributed by atoms with Crippen molar-refractivity contribution in [1.82, 2.24) is 10.6 Å². The lowest BCUT2D eigenvalue weighted by atomic mass is 10.0. The Labute approximate surface area is 177 Å². The van der Waals surface area contributed by atoms with Gasteiger partial charge in [0, 0.05) is 19.0 Å². The molecule has 1 heterocycles. The Bertz CT molecular complexity index is 960. The minimum absolute atomic E-state index is 0.0504. The van der Waals surface area contributed by atoms with Gasteiger partial charge in [0.25, 0.3) is 5.91 Å². The molecule has 1 atom stereocenters. The number of hydrogen-bond donors (Lipinski definition) is 2. The standard InChI is InChI=1S/C22H23F3N2O4/c1-13(2)30-18-5-3-4-6-19(18)31-17-8-7-14(22(23,24)25)11-16(17)21(29)27-15-9-10-26-20(28)12-15/h3-8,11,13,15H,9-10,12H2,1-2H3,(H,26,28)(H,27,29). The molecule has 1 saturated heterocycles. The first-order valence-corrected chi connectivity index (χ1v) is 9.86. The monoisotopic (exact) mass is 436 g/mol. The van der Waals surface area contributed by atoms with E-state index in [0.717, 1.165) is 18.2 Å². The fourth-order valence-corrected chi connectivity index (χ4v) is 3.15. The third kappa shape index (κ3) is 5.90. The number of piperidine rings is 1. The summed E-state index contributed by atoms with van der Waals surface area (Å²) >= 11 is 0. The summed E-state index contributed by atoms with van der Waals surface area (Å²) in [5.41, 5.74) is -1.25. The molecule has 0 aliphatic carbocycles. The summed E-state index contributed by atoms with van der Waals surface area (Å²) in [6.07, 6.45) is -4.24. The maximum absolute atomic E-state index is 13.3. The summed E-state index contributed by atoms with van der Waals surface area (Å²) in [6, 6.07) is 8.93. The van der Waals surface area contributed by atoms with Gasteiger partial charge in [-0.1, -0.05) is 12.1 Å². The fraction of sp³-hybridized carbons (Fsp3) is 0.364. The highest BCUT2D eigenvalue weighted by Gasteiger charge is 2.33. The van der Waals surface area contributed by atoms with Gasteiger partial charge in [0.1, 0.15) is 5.75 Å². The molecule has 0 radical (unpaired) electrons. The number of ether oxygens (including phenoxy) is 2. The maximum atomic E-state index is 13.3. The van der Waals surface area contributed by atoms with Crippen molar-refractivity contribution in [3.63, 3.8) is 0 Å². The van der Waals surface area contributed by atoms with E-state index in [1.54, 1.807) is 24.3 Å². The van der Waals surface area contributed by atoms with Crippen molar-refractivity contribution in [2.75, 3.05) is 6.54 Å². The zero-order valence-corrected chi connectivity index (χ0v) is 17.1. The van der Waals surface area contributed by atoms with Gasteiger partial charge in [-0.25, -0.2) is 0 Å². The van der Waals surface area contributed by atoms with E-state index in [1.807, 2.05) is 13.8 Å². The first-order chi connectivity index (χ1) is 14.6. The van der Waals surface area contributed by atoms with Gasteiger partial charge in [-0.3, -0.25) is 9.59 Å². The van der Waals surface area contributed by atoms with Crippen LogP contribution < -0.4 is 20.1 Å². The molecule has 0 bridgehead atoms. The SMILES string of the molecule is CC(C)Oc1ccccc1Oc1ccc(C(F)(F)F)cc1C(=O)NC1CCNC(=O)C1. The van der Waals surface area contributed by atoms with Crippen LogP contribution in [0.4, 0.5) is 13.2 Å². The lowest BCUT2D eigenvalue weighted by Gasteiger charge is -2.24. The van der Waals surface area contributed by atoms with Crippen LogP contribution in [0.3, 0.4) is 0 Å². The zero-order chi connectivity index (χ0) is 22.6. The molecular weight excluding hydrogens is 413 g/mol. The molecule has 2 amide bonds. The van der Waals surface area contributed by atoms with Gasteiger partial charge in [-0.2, -0.15) is 13.2 Å². The summed E-state index contributed by atoms with van der Waals surface area (Å²) in [7, 11) is 0. The smallest absolute Gasteiger partial charge is 0.416 e. The molecule has 2 N–H and O–H groups in total. The second-order valence-electron chi connectivity index (χ2n) is 7.44. The van der Waals surface area contributed by atoms with E-state index < -0.39 is 23.7 Å². The Morgan fingerprint density at radius 3 is 2.48 bits per heavy atom. The normalized spacial score (nSPS) is 16.6. The van der Waals surface area contributed by atoms with Crippen LogP contribution in [0.2, 0.25) is 0 Å². The predicted molar refractivity (Wildman–Crippen MR) is 107 cm³/mol. The van der Waals surface area contributed by atoms with Gasteiger partial charge in [0.15, 0.2) is 11.5 Å². The molecule has 0 saturated carbocycles. The third-order valence-electron chi connectivity index (χ3n) is 4.57. The summed E-state index contributed by atoms with van der Waals surface area (Å²) in [6.45, 7) is 4.04. The highest BCUT2D eigenvalue weighted by atomic mass is 19.4. The largest absolute Gasteiger partial charge is 0.487 e. The Kier molecular flexibility index (Phi) is 6.72. The van der Waals surface area contributed by atoms with E-state index in [1.165, 1.54) is 0 Å². The molecule has 9 heteroatoms. The van der Waals surface area contributed by atoms with Crippen LogP contribution >= 0.6 is 0 Å². The molecule has 0 aromatic heterocycles. The molecule has 1 aliphatic heterocycles. The predicted octanol–water partition coefficient (Wildman–Crippen LogP) is 4.29. The Morgan fingerprint density at radius 2 is 1.84 bits per heavy atom. The van der Waals surface area contributed by atoms with Crippen molar-refractivity contribution in [1.29, 1.82) is 0 Å². The second-order valence-corrected chi connectivity index (χ2v) is 7.44. The summed E-state index contributed by atoms with van der Waals surface area (Å²) in [5, 5.41) is 5.28. The molecule has 6 nitrogen and oxygen atoms in total. The van der Waals surface area contributed by atoms with E-state index in [-0.39, 0.29) is 35.5 Å². The van der Waals surface area contributed by atoms with Gasteiger partial charge >= 0.3 is 6.18 Å². The van der Waals surface area contributed by atoms with Crippen LogP contribution in [-0.2, 0) is 11.0 Å². The summed E-state index contributed by atoms with van der Waals surface area (Å²) in [5.74, 6) is -0.361. The van der Waals surface area contributed by atoms with Crippen LogP contribution in [0.5, 0.6) is 17.2 Å². The third-order valence-corrected chi connectivity index (χ3v) is 4.57. The number of nitrogens with one attached hydrogen (secondary N) is 2. The van der Waals surface area contributed by atoms with E-state index in [4.69, 9.17) is 9.47 Å². The van der Waals surface area contributed by atoms with Crippen molar-refractivity contribution in [3.8, 4) is 17.2 Å². The minimum atomic E-state index is -4.63. The highest BCUT2D eigenvalue weighted by molar-refractivity contribution is 5.97. The van der Waals surface area contributed by atoms with Crippen molar-refractivity contribution >= 4 is 11.8 Å². The molecule has 3 rings (SSSR count). The van der Waals surface area contributed by atoms with Gasteiger partial charge in [-0.05, 0) is 50.6 Å². The van der Waals surface area contributed by atoms with Gasteiger partial charge in [-0.15, -0.1) is 0 Å². The molecule has 2 aromatic carbocycles. The molecule has 1 aliphatic rings. The first-order valence-electron chi connectivity index (χ1n) is 9.86. The van der Waals surface area contributed by atoms with Crippen molar-refractivity contribution in [2.24, 2.45) is 0 Å². The Balaban J connectivity index is 1.93. The highest BCUT2D eigenvalue weighted by Crippen LogP contribution is 2.37. The first kappa shape index (κ1) is 22.5. The number of amides is 2. The van der Waals surface area contributed by atoms with Crippen LogP contribution in [0, 0.1) is 0 Å². The quantitative estimate of drug-likeness (QED) is 0.708. The topological polar surface area (TPSA) is 76.7 Å². The van der Waals surface area contributed by atoms with Crippen LogP contribution in [0.15, 0.2) is 42.5 Å². The summed E-state index contributed by atoms with van der Waals surface area (Å²) < 4.78 is 51.3. The fourth-order valence-electron chi connectivity index (χ4n) is 3.15. The molecule has 0 spiro atoms. The second kappa shape index (κ2) is 9.28. The number of rotatable bonds is 6. The lowest BCUT2D eigenvalue weighted by molar-refractivity contribution is -0.137. The lowest BCUT2D eigenvalue weighted by Crippen LogP contribution is -2.45. The number of carbonyl (C=O) groups is 2. The number of alkyl halides is 3. The molecule has 1 unspecified atom stereocenters. The van der Waals surface area contributed by atoms with Gasteiger partial charge < -0.3 is 20.1 Å². The van der Waals surface area contributed by atoms with Gasteiger partial charge in [0.2, 0.25) is 5.91 Å². The van der Waals surface area contributed by atoms with E-state index >= 15 is 0 Å². The van der Waals surface area contributed by atoms with Crippen molar-refractivity contribution in [2.45, 2.75) is 45.0 Å². The average molecular weight is 436 g/mol. The number of para-hydroxylation sites is 2. The molecular formula is C22H23F3N2O4. The molecule has 2 aromatic rings. The number of carbonyl (C=O) groups excluding carboxylic acids is 2. The maximum Gasteiger partial charge on any atom is 0.416 e. The molecule has 31 heavy (non-hydrogen) atoms. The number of hydrogen-bond acceptors (Lipinski definition) is 4. The summed E-state index contributed by atoms with van der Waals surface area (Å²) in [4.78, 5) is 24.4. The van der Waals surface area contributed by atoms with Crippen molar-refractivity contribution < 1.29 is 32.2 Å². The zero-order valence-electron chi connectivity index (χ0n) is 17.1. The molecule has 1 fully saturated rings. The average Bonchev–Trinajstić information content (AvgIpc) is 2.68. The Morgan fingerprint density at radius 1 is 1.13 bits per heavy atom. The van der Waals surface area contributed by atoms with Crippen LogP contribution in [0.25, 0.3) is 0 Å². The molecule has 166 valence electrons. The van der Waals surface area contributed by atoms with Gasteiger partial charge in [0.05, 0.1) is 17.2 Å². The van der Waals surface area contributed by atoms with E-state index in [9.17, 15) is 22.8 Å². The number of benzene rings is 2. The Hall–Kier alpha value is -3.23. The van der Waals surface area contributed by atoms with Crippen LogP contribution in [-0.4, -0.2) is 30.5 Å².